The summed E-state index contributed by atoms with van der Waals surface area (Å²) in [5, 5.41) is 8.59. The molecule has 0 aromatic heterocycles. The molecule has 0 amide bonds. The number of carbonyl (C=O) groups is 1. The first kappa shape index (κ1) is 13.0. The molecule has 1 aromatic carbocycles. The second-order valence-corrected chi connectivity index (χ2v) is 3.61. The maximum absolute atomic E-state index is 10.9. The fraction of sp³-hybridized carbons (Fsp3) is 0.417. The van der Waals surface area contributed by atoms with E-state index in [2.05, 4.69) is 4.98 Å². The number of nitrogens with zero attached hydrogens (tertiary/aromatic N) is 3. The summed E-state index contributed by atoms with van der Waals surface area (Å²) >= 11 is 0. The van der Waals surface area contributed by atoms with Crippen LogP contribution in [0.15, 0.2) is 24.3 Å². The van der Waals surface area contributed by atoms with Gasteiger partial charge in [0.1, 0.15) is 0 Å². The fourth-order valence-corrected chi connectivity index (χ4v) is 1.66. The molecule has 0 bridgehead atoms. The van der Waals surface area contributed by atoms with Crippen LogP contribution < -0.4 is 4.90 Å². The molecular formula is C12H16N3O2+. The van der Waals surface area contributed by atoms with Gasteiger partial charge in [-0.15, -0.1) is 0 Å². The third kappa shape index (κ3) is 3.45. The van der Waals surface area contributed by atoms with Crippen molar-refractivity contribution >= 4 is 17.3 Å². The van der Waals surface area contributed by atoms with Gasteiger partial charge in [0.2, 0.25) is 5.39 Å². The SMILES string of the molecule is CCN(c1ccc([N+]#N)cc1)C(C)OC(C)=O. The van der Waals surface area contributed by atoms with E-state index in [0.29, 0.717) is 12.2 Å². The van der Waals surface area contributed by atoms with Gasteiger partial charge in [-0.1, -0.05) is 0 Å². The first-order valence-electron chi connectivity index (χ1n) is 5.47. The Hall–Kier alpha value is -2.09. The molecule has 0 spiro atoms. The number of carbonyl (C=O) groups excluding carboxylic acids is 1. The lowest BCUT2D eigenvalue weighted by atomic mass is 10.2. The quantitative estimate of drug-likeness (QED) is 0.456. The van der Waals surface area contributed by atoms with E-state index in [1.807, 2.05) is 30.9 Å². The lowest BCUT2D eigenvalue weighted by Gasteiger charge is -2.29. The summed E-state index contributed by atoms with van der Waals surface area (Å²) in [6.07, 6.45) is -0.325. The molecule has 1 aromatic rings. The maximum Gasteiger partial charge on any atom is 0.385 e. The summed E-state index contributed by atoms with van der Waals surface area (Å²) < 4.78 is 5.13. The highest BCUT2D eigenvalue weighted by atomic mass is 16.6. The molecule has 0 saturated carbocycles. The van der Waals surface area contributed by atoms with Gasteiger partial charge in [0.15, 0.2) is 11.2 Å². The van der Waals surface area contributed by atoms with E-state index in [-0.39, 0.29) is 12.2 Å². The first-order chi connectivity index (χ1) is 8.08. The van der Waals surface area contributed by atoms with Crippen molar-refractivity contribution in [1.29, 1.82) is 5.39 Å². The van der Waals surface area contributed by atoms with Crippen LogP contribution in [-0.2, 0) is 9.53 Å². The van der Waals surface area contributed by atoms with Gasteiger partial charge in [0.05, 0.1) is 0 Å². The standard InChI is InChI=1S/C12H16N3O2/c1-4-15(9(2)17-10(3)16)12-7-5-11(14-13)6-8-12/h5-9H,4H2,1-3H3/q+1. The first-order valence-corrected chi connectivity index (χ1v) is 5.47. The van der Waals surface area contributed by atoms with Crippen LogP contribution in [-0.4, -0.2) is 18.7 Å². The molecule has 1 atom stereocenters. The second-order valence-electron chi connectivity index (χ2n) is 3.61. The number of hydrogen-bond donors (Lipinski definition) is 0. The van der Waals surface area contributed by atoms with Crippen molar-refractivity contribution in [1.82, 2.24) is 0 Å². The minimum Gasteiger partial charge on any atom is -0.442 e. The Balaban J connectivity index is 2.85. The summed E-state index contributed by atoms with van der Waals surface area (Å²) in [5.74, 6) is -0.307. The molecule has 0 aliphatic rings. The molecule has 0 fully saturated rings. The minimum absolute atomic E-state index is 0.307. The van der Waals surface area contributed by atoms with E-state index in [0.717, 1.165) is 5.69 Å². The molecule has 0 aliphatic heterocycles. The molecule has 90 valence electrons. The normalized spacial score (nSPS) is 11.4. The molecular weight excluding hydrogens is 218 g/mol. The highest BCUT2D eigenvalue weighted by Crippen LogP contribution is 2.21. The third-order valence-corrected chi connectivity index (χ3v) is 2.41. The predicted octanol–water partition coefficient (Wildman–Crippen LogP) is 2.91. The Morgan fingerprint density at radius 3 is 2.47 bits per heavy atom. The van der Waals surface area contributed by atoms with Crippen LogP contribution in [0.25, 0.3) is 4.98 Å². The smallest absolute Gasteiger partial charge is 0.385 e. The summed E-state index contributed by atoms with van der Waals surface area (Å²) in [7, 11) is 0. The van der Waals surface area contributed by atoms with Crippen molar-refractivity contribution < 1.29 is 9.53 Å². The zero-order valence-corrected chi connectivity index (χ0v) is 10.3. The molecule has 5 heteroatoms. The lowest BCUT2D eigenvalue weighted by Crippen LogP contribution is -2.36. The van der Waals surface area contributed by atoms with Crippen LogP contribution in [0.4, 0.5) is 11.4 Å². The zero-order chi connectivity index (χ0) is 12.8. The van der Waals surface area contributed by atoms with Gasteiger partial charge in [0, 0.05) is 31.3 Å². The average Bonchev–Trinajstić information content (AvgIpc) is 2.30. The van der Waals surface area contributed by atoms with Crippen molar-refractivity contribution in [2.45, 2.75) is 27.0 Å². The minimum atomic E-state index is -0.325. The van der Waals surface area contributed by atoms with Gasteiger partial charge in [-0.3, -0.25) is 4.79 Å². The largest absolute Gasteiger partial charge is 0.442 e. The van der Waals surface area contributed by atoms with E-state index in [1.165, 1.54) is 6.92 Å². The topological polar surface area (TPSA) is 57.7 Å². The van der Waals surface area contributed by atoms with E-state index < -0.39 is 0 Å². The van der Waals surface area contributed by atoms with Crippen LogP contribution >= 0.6 is 0 Å². The molecule has 0 N–H and O–H groups in total. The van der Waals surface area contributed by atoms with Crippen LogP contribution in [0.3, 0.4) is 0 Å². The van der Waals surface area contributed by atoms with Gasteiger partial charge in [-0.05, 0) is 26.0 Å². The number of diazo groups is 1. The molecule has 0 heterocycles. The average molecular weight is 234 g/mol. The second kappa shape index (κ2) is 5.85. The van der Waals surface area contributed by atoms with Gasteiger partial charge >= 0.3 is 11.7 Å². The molecule has 0 saturated heterocycles. The van der Waals surface area contributed by atoms with E-state index in [9.17, 15) is 4.79 Å². The lowest BCUT2D eigenvalue weighted by molar-refractivity contribution is -0.145. The zero-order valence-electron chi connectivity index (χ0n) is 10.3. The predicted molar refractivity (Wildman–Crippen MR) is 65.4 cm³/mol. The number of esters is 1. The summed E-state index contributed by atoms with van der Waals surface area (Å²) in [4.78, 5) is 15.9. The van der Waals surface area contributed by atoms with Crippen LogP contribution in [0.1, 0.15) is 20.8 Å². The highest BCUT2D eigenvalue weighted by Gasteiger charge is 2.16. The number of hydrogen-bond acceptors (Lipinski definition) is 4. The molecule has 1 rings (SSSR count). The Labute approximate surface area is 101 Å². The van der Waals surface area contributed by atoms with Crippen molar-refractivity contribution in [2.24, 2.45) is 0 Å². The van der Waals surface area contributed by atoms with Gasteiger partial charge in [-0.2, -0.15) is 0 Å². The van der Waals surface area contributed by atoms with Crippen molar-refractivity contribution in [3.05, 3.63) is 29.2 Å². The Bertz CT molecular complexity index is 422. The highest BCUT2D eigenvalue weighted by molar-refractivity contribution is 5.66. The van der Waals surface area contributed by atoms with E-state index in [1.54, 1.807) is 12.1 Å². The van der Waals surface area contributed by atoms with Gasteiger partial charge in [-0.25, -0.2) is 0 Å². The number of rotatable bonds is 4. The Morgan fingerprint density at radius 2 is 2.06 bits per heavy atom. The molecule has 1 unspecified atom stereocenters. The van der Waals surface area contributed by atoms with Crippen molar-refractivity contribution in [2.75, 3.05) is 11.4 Å². The van der Waals surface area contributed by atoms with Gasteiger partial charge < -0.3 is 9.64 Å². The summed E-state index contributed by atoms with van der Waals surface area (Å²) in [6, 6.07) is 7.02. The molecule has 5 nitrogen and oxygen atoms in total. The Morgan fingerprint density at radius 1 is 1.47 bits per heavy atom. The van der Waals surface area contributed by atoms with Crippen LogP contribution in [0.5, 0.6) is 0 Å². The number of ether oxygens (including phenoxy) is 1. The Kier molecular flexibility index (Phi) is 4.46. The summed E-state index contributed by atoms with van der Waals surface area (Å²) in [6.45, 7) is 5.89. The van der Waals surface area contributed by atoms with E-state index >= 15 is 0 Å². The maximum atomic E-state index is 10.9. The van der Waals surface area contributed by atoms with Gasteiger partial charge in [0.25, 0.3) is 0 Å². The molecule has 17 heavy (non-hydrogen) atoms. The molecule has 0 aliphatic carbocycles. The third-order valence-electron chi connectivity index (χ3n) is 2.41. The van der Waals surface area contributed by atoms with Crippen LogP contribution in [0, 0.1) is 5.39 Å². The molecule has 0 radical (unpaired) electrons. The number of benzene rings is 1. The fourth-order valence-electron chi connectivity index (χ4n) is 1.66. The van der Waals surface area contributed by atoms with Crippen LogP contribution in [0.2, 0.25) is 0 Å². The van der Waals surface area contributed by atoms with Crippen molar-refractivity contribution in [3.63, 3.8) is 0 Å². The monoisotopic (exact) mass is 234 g/mol. The van der Waals surface area contributed by atoms with E-state index in [4.69, 9.17) is 10.1 Å². The summed E-state index contributed by atoms with van der Waals surface area (Å²) in [5.41, 5.74) is 1.40. The van der Waals surface area contributed by atoms with Crippen molar-refractivity contribution in [3.8, 4) is 0 Å². The number of anilines is 1.